The molecule has 104 valence electrons. The van der Waals surface area contributed by atoms with Crippen molar-refractivity contribution >= 4 is 5.78 Å². The summed E-state index contributed by atoms with van der Waals surface area (Å²) in [6.07, 6.45) is 0.252. The van der Waals surface area contributed by atoms with Gasteiger partial charge in [0.15, 0.2) is 5.78 Å². The SMILES string of the molecule is Cc1ccc(CC(=O)c2ccc(C(C)CO)cc2)nn1. The molecule has 4 heteroatoms. The van der Waals surface area contributed by atoms with Gasteiger partial charge in [0, 0.05) is 18.1 Å². The van der Waals surface area contributed by atoms with Crippen molar-refractivity contribution in [2.24, 2.45) is 0 Å². The van der Waals surface area contributed by atoms with Crippen LogP contribution in [0.3, 0.4) is 0 Å². The third-order valence-corrected chi connectivity index (χ3v) is 3.27. The molecule has 1 aromatic heterocycles. The minimum atomic E-state index is 0.0198. The second-order valence-electron chi connectivity index (χ2n) is 4.97. The van der Waals surface area contributed by atoms with Crippen LogP contribution in [0.5, 0.6) is 0 Å². The van der Waals surface area contributed by atoms with Crippen molar-refractivity contribution in [2.45, 2.75) is 26.2 Å². The molecule has 0 spiro atoms. The molecule has 0 saturated carbocycles. The van der Waals surface area contributed by atoms with Crippen LogP contribution in [0.1, 0.15) is 40.2 Å². The molecule has 1 aromatic carbocycles. The summed E-state index contributed by atoms with van der Waals surface area (Å²) in [5, 5.41) is 17.0. The molecule has 2 rings (SSSR count). The number of rotatable bonds is 5. The van der Waals surface area contributed by atoms with Crippen molar-refractivity contribution in [2.75, 3.05) is 6.61 Å². The molecule has 20 heavy (non-hydrogen) atoms. The van der Waals surface area contributed by atoms with Gasteiger partial charge in [-0.25, -0.2) is 0 Å². The van der Waals surface area contributed by atoms with Crippen LogP contribution in [0.2, 0.25) is 0 Å². The molecule has 1 atom stereocenters. The largest absolute Gasteiger partial charge is 0.396 e. The minimum absolute atomic E-state index is 0.0198. The van der Waals surface area contributed by atoms with Gasteiger partial charge in [-0.3, -0.25) is 4.79 Å². The number of Topliss-reactive ketones (excluding diaryl/α,β-unsaturated/α-hetero) is 1. The standard InChI is InChI=1S/C16H18N2O2/c1-11(10-19)13-4-6-14(7-5-13)16(20)9-15-8-3-12(2)17-18-15/h3-8,11,19H,9-10H2,1-2H3. The Hall–Kier alpha value is -2.07. The highest BCUT2D eigenvalue weighted by atomic mass is 16.3. The fourth-order valence-corrected chi connectivity index (χ4v) is 1.89. The summed E-state index contributed by atoms with van der Waals surface area (Å²) < 4.78 is 0. The van der Waals surface area contributed by atoms with E-state index < -0.39 is 0 Å². The van der Waals surface area contributed by atoms with Crippen molar-refractivity contribution in [1.82, 2.24) is 10.2 Å². The van der Waals surface area contributed by atoms with E-state index in [1.807, 2.05) is 38.1 Å². The van der Waals surface area contributed by atoms with Crippen LogP contribution in [-0.4, -0.2) is 27.7 Å². The Bertz CT molecular complexity index is 576. The number of hydrogen-bond donors (Lipinski definition) is 1. The number of nitrogens with zero attached hydrogens (tertiary/aromatic N) is 2. The zero-order chi connectivity index (χ0) is 14.5. The highest BCUT2D eigenvalue weighted by Gasteiger charge is 2.10. The summed E-state index contributed by atoms with van der Waals surface area (Å²) in [4.78, 5) is 12.1. The first-order valence-electron chi connectivity index (χ1n) is 6.63. The van der Waals surface area contributed by atoms with Gasteiger partial charge >= 0.3 is 0 Å². The molecular formula is C16H18N2O2. The van der Waals surface area contributed by atoms with E-state index in [2.05, 4.69) is 10.2 Å². The van der Waals surface area contributed by atoms with Gasteiger partial charge in [-0.1, -0.05) is 31.2 Å². The van der Waals surface area contributed by atoms with Crippen molar-refractivity contribution in [3.63, 3.8) is 0 Å². The molecule has 0 aliphatic rings. The van der Waals surface area contributed by atoms with Crippen molar-refractivity contribution < 1.29 is 9.90 Å². The first-order chi connectivity index (χ1) is 9.60. The van der Waals surface area contributed by atoms with E-state index in [4.69, 9.17) is 5.11 Å². The van der Waals surface area contributed by atoms with Crippen molar-refractivity contribution in [3.05, 3.63) is 58.9 Å². The molecule has 0 aliphatic heterocycles. The first-order valence-corrected chi connectivity index (χ1v) is 6.63. The van der Waals surface area contributed by atoms with Crippen molar-refractivity contribution in [3.8, 4) is 0 Å². The third kappa shape index (κ3) is 3.48. The first kappa shape index (κ1) is 14.3. The average molecular weight is 270 g/mol. The van der Waals surface area contributed by atoms with Crippen LogP contribution in [0, 0.1) is 6.92 Å². The van der Waals surface area contributed by atoms with Gasteiger partial charge in [-0.15, -0.1) is 0 Å². The molecule has 0 fully saturated rings. The molecule has 1 heterocycles. The molecule has 0 saturated heterocycles. The van der Waals surface area contributed by atoms with E-state index in [1.54, 1.807) is 12.1 Å². The van der Waals surface area contributed by atoms with E-state index in [0.29, 0.717) is 11.3 Å². The lowest BCUT2D eigenvalue weighted by atomic mass is 9.98. The predicted octanol–water partition coefficient (Wildman–Crippen LogP) is 2.31. The van der Waals surface area contributed by atoms with Gasteiger partial charge in [-0.05, 0) is 24.6 Å². The number of benzene rings is 1. The minimum Gasteiger partial charge on any atom is -0.396 e. The number of aliphatic hydroxyl groups excluding tert-OH is 1. The predicted molar refractivity (Wildman–Crippen MR) is 76.7 cm³/mol. The Balaban J connectivity index is 2.07. The number of aryl methyl sites for hydroxylation is 1. The Morgan fingerprint density at radius 2 is 1.85 bits per heavy atom. The van der Waals surface area contributed by atoms with E-state index >= 15 is 0 Å². The maximum atomic E-state index is 12.1. The Labute approximate surface area is 118 Å². The number of hydrogen-bond acceptors (Lipinski definition) is 4. The molecule has 0 amide bonds. The zero-order valence-electron chi connectivity index (χ0n) is 11.7. The Kier molecular flexibility index (Phi) is 4.58. The van der Waals surface area contributed by atoms with E-state index in [0.717, 1.165) is 11.3 Å². The molecule has 0 bridgehead atoms. The van der Waals surface area contributed by atoms with Gasteiger partial charge in [-0.2, -0.15) is 10.2 Å². The summed E-state index contributed by atoms with van der Waals surface area (Å²) in [6, 6.07) is 11.0. The van der Waals surface area contributed by atoms with Gasteiger partial charge in [0.25, 0.3) is 0 Å². The highest BCUT2D eigenvalue weighted by molar-refractivity contribution is 5.97. The molecule has 2 aromatic rings. The number of carbonyl (C=O) groups excluding carboxylic acids is 1. The molecule has 0 aliphatic carbocycles. The second kappa shape index (κ2) is 6.39. The Morgan fingerprint density at radius 3 is 2.40 bits per heavy atom. The lowest BCUT2D eigenvalue weighted by Crippen LogP contribution is -2.07. The summed E-state index contributed by atoms with van der Waals surface area (Å²) in [5.74, 6) is 0.105. The summed E-state index contributed by atoms with van der Waals surface area (Å²) in [7, 11) is 0. The fraction of sp³-hybridized carbons (Fsp3) is 0.312. The van der Waals surface area contributed by atoms with E-state index in [9.17, 15) is 4.79 Å². The monoisotopic (exact) mass is 270 g/mol. The van der Waals surface area contributed by atoms with Crippen LogP contribution in [0.15, 0.2) is 36.4 Å². The topological polar surface area (TPSA) is 63.1 Å². The summed E-state index contributed by atoms with van der Waals surface area (Å²) in [6.45, 7) is 3.91. The van der Waals surface area contributed by atoms with Gasteiger partial charge in [0.1, 0.15) is 0 Å². The fourth-order valence-electron chi connectivity index (χ4n) is 1.89. The lowest BCUT2D eigenvalue weighted by Gasteiger charge is -2.08. The van der Waals surface area contributed by atoms with E-state index in [1.165, 1.54) is 0 Å². The average Bonchev–Trinajstić information content (AvgIpc) is 2.49. The molecule has 4 nitrogen and oxygen atoms in total. The smallest absolute Gasteiger partial charge is 0.168 e. The number of ketones is 1. The van der Waals surface area contributed by atoms with Gasteiger partial charge in [0.05, 0.1) is 17.8 Å². The second-order valence-corrected chi connectivity index (χ2v) is 4.97. The van der Waals surface area contributed by atoms with Crippen LogP contribution in [0.25, 0.3) is 0 Å². The maximum Gasteiger partial charge on any atom is 0.168 e. The highest BCUT2D eigenvalue weighted by Crippen LogP contribution is 2.16. The normalized spacial score (nSPS) is 12.2. The van der Waals surface area contributed by atoms with Crippen molar-refractivity contribution in [1.29, 1.82) is 0 Å². The number of carbonyl (C=O) groups is 1. The molecule has 1 N–H and O–H groups in total. The van der Waals surface area contributed by atoms with Crippen LogP contribution >= 0.6 is 0 Å². The maximum absolute atomic E-state index is 12.1. The number of aliphatic hydroxyl groups is 1. The summed E-state index contributed by atoms with van der Waals surface area (Å²) in [5.41, 5.74) is 3.19. The van der Waals surface area contributed by atoms with E-state index in [-0.39, 0.29) is 24.7 Å². The van der Waals surface area contributed by atoms with Crippen LogP contribution in [-0.2, 0) is 6.42 Å². The zero-order valence-corrected chi connectivity index (χ0v) is 11.7. The van der Waals surface area contributed by atoms with Crippen LogP contribution in [0.4, 0.5) is 0 Å². The molecule has 0 radical (unpaired) electrons. The van der Waals surface area contributed by atoms with Gasteiger partial charge in [0.2, 0.25) is 0 Å². The molecule has 1 unspecified atom stereocenters. The number of aromatic nitrogens is 2. The third-order valence-electron chi connectivity index (χ3n) is 3.27. The molecular weight excluding hydrogens is 252 g/mol. The van der Waals surface area contributed by atoms with Gasteiger partial charge < -0.3 is 5.11 Å². The quantitative estimate of drug-likeness (QED) is 0.847. The summed E-state index contributed by atoms with van der Waals surface area (Å²) >= 11 is 0. The Morgan fingerprint density at radius 1 is 1.15 bits per heavy atom. The lowest BCUT2D eigenvalue weighted by molar-refractivity contribution is 0.0991. The van der Waals surface area contributed by atoms with Crippen LogP contribution < -0.4 is 0 Å².